The SMILES string of the molecule is C.C.O=C1c2c3cccccc-3cc2-c2scc(F)c21.O=C1c2c3cccccc-3cc2-c2scc(N3c4ccccc4N(c4ccccc4)c4ccccc43)c21.[2HH].[2H][2H].[2H][2H].c1ccc(N2c3ccccc3Nc3ccccc32)cc1. The van der Waals surface area contributed by atoms with E-state index in [-0.39, 0.29) is 33.4 Å². The third kappa shape index (κ3) is 7.81. The lowest BCUT2D eigenvalue weighted by Crippen LogP contribution is -2.24. The number of benzene rings is 6. The third-order valence-electron chi connectivity index (χ3n) is 14.3. The highest BCUT2D eigenvalue weighted by Crippen LogP contribution is 2.59. The summed E-state index contributed by atoms with van der Waals surface area (Å²) in [6.45, 7) is 0. The molecule has 6 aromatic carbocycles. The van der Waals surface area contributed by atoms with E-state index in [1.54, 1.807) is 11.3 Å². The summed E-state index contributed by atoms with van der Waals surface area (Å²) in [4.78, 5) is 35.1. The lowest BCUT2D eigenvalue weighted by Gasteiger charge is -2.40. The predicted molar refractivity (Wildman–Crippen MR) is 327 cm³/mol. The van der Waals surface area contributed by atoms with E-state index in [1.165, 1.54) is 33.8 Å². The number of hydrogen-bond acceptors (Lipinski definition) is 8. The van der Waals surface area contributed by atoms with Gasteiger partial charge in [-0.1, -0.05) is 160 Å². The first-order valence-electron chi connectivity index (χ1n) is 26.7. The van der Waals surface area contributed by atoms with E-state index in [2.05, 4.69) is 189 Å². The van der Waals surface area contributed by atoms with Gasteiger partial charge in [-0.05, 0) is 107 Å². The molecule has 8 aliphatic rings. The van der Waals surface area contributed by atoms with Gasteiger partial charge < -0.3 is 20.0 Å². The van der Waals surface area contributed by atoms with Crippen LogP contribution < -0.4 is 20.0 Å². The summed E-state index contributed by atoms with van der Waals surface area (Å²) >= 11 is 2.96. The predicted octanol–water partition coefficient (Wildman–Crippen LogP) is 20.7. The van der Waals surface area contributed by atoms with Crippen LogP contribution in [0.25, 0.3) is 43.1 Å². The van der Waals surface area contributed by atoms with Crippen LogP contribution in [0.1, 0.15) is 54.1 Å². The molecule has 2 aliphatic heterocycles. The zero-order chi connectivity index (χ0) is 54.1. The van der Waals surface area contributed by atoms with Crippen LogP contribution in [0.2, 0.25) is 0 Å². The minimum absolute atomic E-state index is 0. The molecule has 6 aliphatic carbocycles. The van der Waals surface area contributed by atoms with Crippen LogP contribution >= 0.6 is 22.7 Å². The van der Waals surface area contributed by atoms with Crippen molar-refractivity contribution in [2.24, 2.45) is 0 Å². The van der Waals surface area contributed by atoms with Crippen molar-refractivity contribution < 1.29 is 21.3 Å². The van der Waals surface area contributed by atoms with Gasteiger partial charge in [0.25, 0.3) is 0 Å². The van der Waals surface area contributed by atoms with Crippen LogP contribution in [0.4, 0.5) is 67.0 Å². The Morgan fingerprint density at radius 3 is 1.22 bits per heavy atom. The summed E-state index contributed by atoms with van der Waals surface area (Å²) in [5.41, 5.74) is 20.7. The summed E-state index contributed by atoms with van der Waals surface area (Å²) in [5, 5.41) is 7.05. The van der Waals surface area contributed by atoms with E-state index in [9.17, 15) is 14.0 Å². The fourth-order valence-corrected chi connectivity index (χ4v) is 13.1. The number of halogens is 1. The van der Waals surface area contributed by atoms with Crippen molar-refractivity contribution >= 4 is 96.8 Å². The molecule has 1 N–H and O–H groups in total. The fourth-order valence-electron chi connectivity index (χ4n) is 11.1. The molecule has 9 heteroatoms. The Kier molecular flexibility index (Phi) is 11.8. The number of nitrogens with zero attached hydrogens (tertiary/aromatic N) is 3. The normalized spacial score (nSPS) is 12.8. The topological polar surface area (TPSA) is 55.9 Å². The number of carbonyl (C=O) groups excluding carboxylic acids is 2. The number of ketones is 2. The van der Waals surface area contributed by atoms with Gasteiger partial charge in [-0.2, -0.15) is 0 Å². The van der Waals surface area contributed by atoms with Crippen LogP contribution in [-0.2, 0) is 0 Å². The second kappa shape index (κ2) is 19.7. The Morgan fingerprint density at radius 1 is 0.364 bits per heavy atom. The zero-order valence-corrected chi connectivity index (χ0v) is 41.6. The molecule has 16 rings (SSSR count). The van der Waals surface area contributed by atoms with Gasteiger partial charge in [0.15, 0.2) is 11.6 Å². The lowest BCUT2D eigenvalue weighted by molar-refractivity contribution is 0.103. The lowest BCUT2D eigenvalue weighted by atomic mass is 10.0. The summed E-state index contributed by atoms with van der Waals surface area (Å²) in [6, 6.07) is 78.6. The van der Waals surface area contributed by atoms with Gasteiger partial charge in [-0.3, -0.25) is 9.59 Å². The van der Waals surface area contributed by atoms with Crippen molar-refractivity contribution in [3.05, 3.63) is 269 Å². The highest BCUT2D eigenvalue weighted by molar-refractivity contribution is 7.15. The average molecular weight is 1050 g/mol. The van der Waals surface area contributed by atoms with Gasteiger partial charge in [0.2, 0.25) is 0 Å². The van der Waals surface area contributed by atoms with Gasteiger partial charge in [0, 0.05) is 61.5 Å². The first-order chi connectivity index (χ1) is 39.0. The molecule has 2 aromatic heterocycles. The van der Waals surface area contributed by atoms with Crippen LogP contribution in [0.3, 0.4) is 0 Å². The van der Waals surface area contributed by atoms with Gasteiger partial charge in [-0.25, -0.2) is 4.39 Å². The molecule has 0 fully saturated rings. The van der Waals surface area contributed by atoms with E-state index < -0.39 is 5.82 Å². The van der Waals surface area contributed by atoms with E-state index in [0.29, 0.717) is 5.56 Å². The van der Waals surface area contributed by atoms with Crippen LogP contribution in [0.15, 0.2) is 241 Å². The molecule has 0 atom stereocenters. The van der Waals surface area contributed by atoms with Gasteiger partial charge in [-0.15, -0.1) is 22.7 Å². The number of nitrogens with one attached hydrogen (secondary N) is 1. The molecular formula is C68H55FN4O2S2. The standard InChI is InChI=1S/C33H20N2OS.C18H14N2.C15H7FOS.2CH4.3H2/c36-32-30-23-14-6-1-3-11-21(23)19-24(30)33-31(32)29(20-37-33)35-27-17-9-7-15-25(27)34(22-12-4-2-5-13-22)26-16-8-10-18-28(26)35;1-2-8-14(9-3-1)20-17-12-6-4-10-15(17)19-16-11-5-7-13-18(16)20;16-11-7-18-15-10-6-8-4-2-1-3-5-9(8)12(10)14(17)13(11)15;;;;;/h1-20H;1-13,19H;1-7H;2*1H4;3*1H/i;;;;;2*1+1D;1+1. The Labute approximate surface area is 463 Å². The second-order valence-electron chi connectivity index (χ2n) is 18.5. The fraction of sp³-hybridized carbons (Fsp3) is 0.0294. The van der Waals surface area contributed by atoms with Gasteiger partial charge >= 0.3 is 0 Å². The largest absolute Gasteiger partial charge is 0.352 e. The number of rotatable bonds is 3. The van der Waals surface area contributed by atoms with Crippen LogP contribution in [0, 0.1) is 5.82 Å². The molecule has 0 saturated carbocycles. The number of para-hydroxylation sites is 10. The minimum atomic E-state index is -0.398. The Balaban J connectivity index is 0.000000153. The van der Waals surface area contributed by atoms with Crippen molar-refractivity contribution in [3.8, 4) is 43.1 Å². The molecular weight excluding hydrogens is 988 g/mol. The molecule has 0 unspecified atom stereocenters. The third-order valence-corrected chi connectivity index (χ3v) is 16.3. The van der Waals surface area contributed by atoms with Crippen molar-refractivity contribution in [3.63, 3.8) is 0 Å². The molecule has 378 valence electrons. The van der Waals surface area contributed by atoms with Crippen molar-refractivity contribution in [1.82, 2.24) is 0 Å². The zero-order valence-electron chi connectivity index (χ0n) is 43.9. The Hall–Kier alpha value is -9.41. The van der Waals surface area contributed by atoms with E-state index in [4.69, 9.17) is 5.94 Å². The van der Waals surface area contributed by atoms with Gasteiger partial charge in [0.1, 0.15) is 5.82 Å². The molecule has 0 saturated heterocycles. The van der Waals surface area contributed by atoms with Gasteiger partial charge in [0.05, 0.1) is 62.3 Å². The molecule has 8 aromatic rings. The Morgan fingerprint density at radius 2 is 0.727 bits per heavy atom. The summed E-state index contributed by atoms with van der Waals surface area (Å²) in [7, 11) is 0. The number of anilines is 11. The van der Waals surface area contributed by atoms with Crippen LogP contribution in [0.5, 0.6) is 0 Å². The molecule has 77 heavy (non-hydrogen) atoms. The maximum Gasteiger partial charge on any atom is 0.198 e. The monoisotopic (exact) mass is 1050 g/mol. The molecule has 0 bridgehead atoms. The van der Waals surface area contributed by atoms with E-state index in [1.807, 2.05) is 66.7 Å². The van der Waals surface area contributed by atoms with Crippen molar-refractivity contribution in [2.45, 2.75) is 14.9 Å². The van der Waals surface area contributed by atoms with E-state index >= 15 is 0 Å². The minimum Gasteiger partial charge on any atom is -0.352 e. The first-order valence-corrected chi connectivity index (χ1v) is 26.4. The van der Waals surface area contributed by atoms with Crippen molar-refractivity contribution in [2.75, 3.05) is 20.0 Å². The molecule has 0 spiro atoms. The van der Waals surface area contributed by atoms with E-state index in [0.717, 1.165) is 99.8 Å². The molecule has 0 radical (unpaired) electrons. The second-order valence-corrected chi connectivity index (χ2v) is 20.3. The van der Waals surface area contributed by atoms with Crippen LogP contribution in [-0.4, -0.2) is 11.6 Å². The maximum atomic E-state index is 14.1. The average Bonchev–Trinajstić information content (AvgIpc) is 2.96. The molecule has 0 amide bonds. The number of hydrogen-bond donors (Lipinski definition) is 1. The first kappa shape index (κ1) is 46.1. The summed E-state index contributed by atoms with van der Waals surface area (Å²) in [5.74, 6) is -0.465. The quantitative estimate of drug-likeness (QED) is 0.190. The number of fused-ring (bicyclic) bond motifs is 14. The number of carbonyl (C=O) groups is 2. The molecule has 6 nitrogen and oxygen atoms in total. The Bertz CT molecular complexity index is 4080. The highest BCUT2D eigenvalue weighted by Gasteiger charge is 2.40. The van der Waals surface area contributed by atoms with Crippen molar-refractivity contribution in [1.29, 1.82) is 0 Å². The maximum absolute atomic E-state index is 14.1. The number of thiophene rings is 2. The smallest absolute Gasteiger partial charge is 0.198 e. The molecule has 4 heterocycles. The summed E-state index contributed by atoms with van der Waals surface area (Å²) in [6.07, 6.45) is 0. The highest BCUT2D eigenvalue weighted by atomic mass is 32.1. The summed E-state index contributed by atoms with van der Waals surface area (Å²) < 4.78 is 33.6.